The van der Waals surface area contributed by atoms with E-state index in [1.165, 1.54) is 6.42 Å². The number of hydrogen-bond acceptors (Lipinski definition) is 5. The monoisotopic (exact) mass is 235 g/mol. The third-order valence-electron chi connectivity index (χ3n) is 3.12. The topological polar surface area (TPSA) is 55.4 Å². The minimum atomic E-state index is 0.560. The molecule has 1 unspecified atom stereocenters. The molecule has 1 saturated heterocycles. The Bertz CT molecular complexity index is 391. The molecule has 92 valence electrons. The first-order valence-corrected chi connectivity index (χ1v) is 6.10. The van der Waals surface area contributed by atoms with Crippen molar-refractivity contribution in [3.8, 4) is 11.5 Å². The average molecular weight is 235 g/mol. The zero-order chi connectivity index (χ0) is 11.5. The molecule has 5 nitrogen and oxygen atoms in total. The zero-order valence-corrected chi connectivity index (χ0v) is 9.74. The predicted octanol–water partition coefficient (Wildman–Crippen LogP) is 0.304. The molecule has 0 spiro atoms. The molecule has 0 amide bonds. The number of ether oxygens (including phenoxy) is 2. The van der Waals surface area contributed by atoms with Crippen LogP contribution in [0.3, 0.4) is 0 Å². The first-order chi connectivity index (χ1) is 8.42. The number of rotatable bonds is 3. The van der Waals surface area contributed by atoms with E-state index in [2.05, 4.69) is 15.6 Å². The fourth-order valence-electron chi connectivity index (χ4n) is 2.16. The highest BCUT2D eigenvalue weighted by Crippen LogP contribution is 2.29. The van der Waals surface area contributed by atoms with E-state index in [1.807, 2.05) is 6.07 Å². The van der Waals surface area contributed by atoms with Crippen molar-refractivity contribution in [2.75, 3.05) is 26.3 Å². The van der Waals surface area contributed by atoms with Gasteiger partial charge in [-0.1, -0.05) is 0 Å². The van der Waals surface area contributed by atoms with E-state index >= 15 is 0 Å². The summed E-state index contributed by atoms with van der Waals surface area (Å²) >= 11 is 0. The Balaban J connectivity index is 1.62. The van der Waals surface area contributed by atoms with Gasteiger partial charge < -0.3 is 20.1 Å². The highest BCUT2D eigenvalue weighted by molar-refractivity contribution is 5.39. The highest BCUT2D eigenvalue weighted by Gasteiger charge is 2.15. The largest absolute Gasteiger partial charge is 0.486 e. The molecule has 0 radical (unpaired) electrons. The zero-order valence-electron chi connectivity index (χ0n) is 9.74. The van der Waals surface area contributed by atoms with E-state index in [-0.39, 0.29) is 0 Å². The molecule has 3 heterocycles. The first kappa shape index (κ1) is 10.8. The van der Waals surface area contributed by atoms with Gasteiger partial charge in [-0.3, -0.25) is 4.98 Å². The third-order valence-corrected chi connectivity index (χ3v) is 3.12. The summed E-state index contributed by atoms with van der Waals surface area (Å²) in [5, 5.41) is 6.81. The smallest absolute Gasteiger partial charge is 0.179 e. The Morgan fingerprint density at radius 1 is 1.35 bits per heavy atom. The summed E-state index contributed by atoms with van der Waals surface area (Å²) < 4.78 is 11.0. The second kappa shape index (κ2) is 4.89. The van der Waals surface area contributed by atoms with Crippen LogP contribution in [0.4, 0.5) is 0 Å². The number of hydrogen-bond donors (Lipinski definition) is 2. The quantitative estimate of drug-likeness (QED) is 0.789. The van der Waals surface area contributed by atoms with Crippen LogP contribution in [-0.4, -0.2) is 37.3 Å². The van der Waals surface area contributed by atoms with Gasteiger partial charge in [0.05, 0.1) is 11.9 Å². The van der Waals surface area contributed by atoms with Gasteiger partial charge in [-0.05, 0) is 13.0 Å². The van der Waals surface area contributed by atoms with Gasteiger partial charge in [-0.2, -0.15) is 0 Å². The Kier molecular flexibility index (Phi) is 3.11. The van der Waals surface area contributed by atoms with Gasteiger partial charge in [-0.25, -0.2) is 0 Å². The average Bonchev–Trinajstić information content (AvgIpc) is 2.89. The SMILES string of the molecule is c1nc(CNC2CCNC2)cc2c1OCCO2. The summed E-state index contributed by atoms with van der Waals surface area (Å²) in [5.74, 6) is 1.56. The Morgan fingerprint density at radius 3 is 3.06 bits per heavy atom. The second-order valence-electron chi connectivity index (χ2n) is 4.39. The molecule has 3 rings (SSSR count). The van der Waals surface area contributed by atoms with Crippen molar-refractivity contribution in [1.82, 2.24) is 15.6 Å². The van der Waals surface area contributed by atoms with E-state index in [0.717, 1.165) is 36.8 Å². The Morgan fingerprint density at radius 2 is 2.24 bits per heavy atom. The van der Waals surface area contributed by atoms with E-state index in [9.17, 15) is 0 Å². The van der Waals surface area contributed by atoms with Crippen LogP contribution in [0, 0.1) is 0 Å². The van der Waals surface area contributed by atoms with Crippen molar-refractivity contribution in [1.29, 1.82) is 0 Å². The molecule has 0 saturated carbocycles. The van der Waals surface area contributed by atoms with Crippen LogP contribution in [0.25, 0.3) is 0 Å². The summed E-state index contributed by atoms with van der Waals surface area (Å²) in [6.45, 7) is 4.16. The number of nitrogens with zero attached hydrogens (tertiary/aromatic N) is 1. The molecule has 17 heavy (non-hydrogen) atoms. The molecule has 0 aliphatic carbocycles. The first-order valence-electron chi connectivity index (χ1n) is 6.10. The minimum absolute atomic E-state index is 0.560. The van der Waals surface area contributed by atoms with Crippen molar-refractivity contribution in [3.63, 3.8) is 0 Å². The van der Waals surface area contributed by atoms with Crippen LogP contribution in [0.5, 0.6) is 11.5 Å². The van der Waals surface area contributed by atoms with Crippen molar-refractivity contribution >= 4 is 0 Å². The maximum absolute atomic E-state index is 5.53. The van der Waals surface area contributed by atoms with Gasteiger partial charge >= 0.3 is 0 Å². The van der Waals surface area contributed by atoms with E-state index in [0.29, 0.717) is 19.3 Å². The number of nitrogens with one attached hydrogen (secondary N) is 2. The lowest BCUT2D eigenvalue weighted by Gasteiger charge is -2.18. The molecule has 5 heteroatoms. The molecule has 1 fully saturated rings. The number of fused-ring (bicyclic) bond motifs is 1. The lowest BCUT2D eigenvalue weighted by Crippen LogP contribution is -2.30. The molecule has 1 aromatic rings. The van der Waals surface area contributed by atoms with Crippen LogP contribution < -0.4 is 20.1 Å². The lowest BCUT2D eigenvalue weighted by molar-refractivity contribution is 0.170. The molecular formula is C12H17N3O2. The van der Waals surface area contributed by atoms with Gasteiger partial charge in [0.15, 0.2) is 11.5 Å². The molecule has 2 aliphatic heterocycles. The standard InChI is InChI=1S/C12H17N3O2/c1-2-13-6-9(1)14-7-10-5-11-12(8-15-10)17-4-3-16-11/h5,8-9,13-14H,1-4,6-7H2. The van der Waals surface area contributed by atoms with Gasteiger partial charge in [0, 0.05) is 25.2 Å². The number of pyridine rings is 1. The number of aromatic nitrogens is 1. The highest BCUT2D eigenvalue weighted by atomic mass is 16.6. The van der Waals surface area contributed by atoms with Crippen LogP contribution >= 0.6 is 0 Å². The van der Waals surface area contributed by atoms with Crippen LogP contribution in [-0.2, 0) is 6.54 Å². The Labute approximate surface area is 101 Å². The van der Waals surface area contributed by atoms with Crippen LogP contribution in [0.15, 0.2) is 12.3 Å². The van der Waals surface area contributed by atoms with Crippen molar-refractivity contribution in [3.05, 3.63) is 18.0 Å². The minimum Gasteiger partial charge on any atom is -0.486 e. The normalized spacial score (nSPS) is 22.7. The second-order valence-corrected chi connectivity index (χ2v) is 4.39. The maximum atomic E-state index is 5.53. The van der Waals surface area contributed by atoms with Gasteiger partial charge in [-0.15, -0.1) is 0 Å². The summed E-state index contributed by atoms with van der Waals surface area (Å²) in [7, 11) is 0. The van der Waals surface area contributed by atoms with Gasteiger partial charge in [0.25, 0.3) is 0 Å². The van der Waals surface area contributed by atoms with Crippen molar-refractivity contribution < 1.29 is 9.47 Å². The van der Waals surface area contributed by atoms with Gasteiger partial charge in [0.1, 0.15) is 13.2 Å². The van der Waals surface area contributed by atoms with E-state index in [1.54, 1.807) is 6.20 Å². The maximum Gasteiger partial charge on any atom is 0.179 e. The molecule has 0 aromatic carbocycles. The molecule has 1 aromatic heterocycles. The summed E-state index contributed by atoms with van der Waals surface area (Å²) in [6.07, 6.45) is 2.93. The fraction of sp³-hybridized carbons (Fsp3) is 0.583. The molecule has 2 N–H and O–H groups in total. The molecule has 0 bridgehead atoms. The summed E-state index contributed by atoms with van der Waals surface area (Å²) in [4.78, 5) is 4.37. The molecular weight excluding hydrogens is 218 g/mol. The lowest BCUT2D eigenvalue weighted by atomic mass is 10.2. The summed E-state index contributed by atoms with van der Waals surface area (Å²) in [6, 6.07) is 2.52. The summed E-state index contributed by atoms with van der Waals surface area (Å²) in [5.41, 5.74) is 1.00. The third kappa shape index (κ3) is 2.50. The van der Waals surface area contributed by atoms with Crippen LogP contribution in [0.2, 0.25) is 0 Å². The fourth-order valence-corrected chi connectivity index (χ4v) is 2.16. The van der Waals surface area contributed by atoms with Crippen molar-refractivity contribution in [2.24, 2.45) is 0 Å². The molecule has 1 atom stereocenters. The molecule has 2 aliphatic rings. The Hall–Kier alpha value is -1.33. The van der Waals surface area contributed by atoms with E-state index < -0.39 is 0 Å². The van der Waals surface area contributed by atoms with Crippen molar-refractivity contribution in [2.45, 2.75) is 19.0 Å². The predicted molar refractivity (Wildman–Crippen MR) is 63.3 cm³/mol. The van der Waals surface area contributed by atoms with Gasteiger partial charge in [0.2, 0.25) is 0 Å². The van der Waals surface area contributed by atoms with Crippen LogP contribution in [0.1, 0.15) is 12.1 Å². The van der Waals surface area contributed by atoms with E-state index in [4.69, 9.17) is 9.47 Å².